The van der Waals surface area contributed by atoms with Crippen LogP contribution in [0.15, 0.2) is 71.4 Å². The molecule has 0 saturated carbocycles. The summed E-state index contributed by atoms with van der Waals surface area (Å²) in [6.45, 7) is 0.619. The van der Waals surface area contributed by atoms with Crippen molar-refractivity contribution in [2.24, 2.45) is 0 Å². The van der Waals surface area contributed by atoms with Gasteiger partial charge in [0.05, 0.1) is 25.8 Å². The Hall–Kier alpha value is -4.93. The molecular formula is C29H24F3N5O3. The molecule has 0 unspecified atom stereocenters. The summed E-state index contributed by atoms with van der Waals surface area (Å²) in [5, 5.41) is 2.72. The van der Waals surface area contributed by atoms with Crippen LogP contribution in [-0.4, -0.2) is 45.7 Å². The van der Waals surface area contributed by atoms with Crippen LogP contribution in [-0.2, 0) is 11.3 Å². The first-order chi connectivity index (χ1) is 19.1. The van der Waals surface area contributed by atoms with E-state index in [1.54, 1.807) is 42.6 Å². The zero-order chi connectivity index (χ0) is 28.4. The van der Waals surface area contributed by atoms with Crippen LogP contribution < -0.4 is 11.1 Å². The monoisotopic (exact) mass is 547 g/mol. The van der Waals surface area contributed by atoms with Crippen molar-refractivity contribution in [1.82, 2.24) is 20.2 Å². The number of nitrogen functional groups attached to an aromatic ring is 1. The number of amides is 2. The van der Waals surface area contributed by atoms with Crippen molar-refractivity contribution >= 4 is 23.7 Å². The van der Waals surface area contributed by atoms with Crippen molar-refractivity contribution in [1.29, 1.82) is 0 Å². The first kappa shape index (κ1) is 26.7. The van der Waals surface area contributed by atoms with Gasteiger partial charge in [-0.05, 0) is 60.0 Å². The second-order valence-corrected chi connectivity index (χ2v) is 9.44. The number of alkyl halides is 2. The second-order valence-electron chi connectivity index (χ2n) is 9.44. The van der Waals surface area contributed by atoms with Crippen LogP contribution in [0.25, 0.3) is 28.7 Å². The molecule has 0 spiro atoms. The molecule has 1 aliphatic rings. The summed E-state index contributed by atoms with van der Waals surface area (Å²) in [5.74, 6) is -3.31. The number of aromatic nitrogens is 2. The van der Waals surface area contributed by atoms with Gasteiger partial charge in [0.1, 0.15) is 17.4 Å². The van der Waals surface area contributed by atoms with Gasteiger partial charge in [-0.25, -0.2) is 23.1 Å². The molecule has 0 bridgehead atoms. The summed E-state index contributed by atoms with van der Waals surface area (Å²) in [7, 11) is 0. The van der Waals surface area contributed by atoms with Gasteiger partial charge < -0.3 is 20.4 Å². The van der Waals surface area contributed by atoms with Crippen LogP contribution in [0, 0.1) is 12.7 Å². The topological polar surface area (TPSA) is 114 Å². The minimum atomic E-state index is -2.89. The normalized spacial score (nSPS) is 14.2. The molecule has 8 nitrogen and oxygen atoms in total. The molecule has 3 heterocycles. The summed E-state index contributed by atoms with van der Waals surface area (Å²) < 4.78 is 46.9. The lowest BCUT2D eigenvalue weighted by Crippen LogP contribution is -2.58. The van der Waals surface area contributed by atoms with Crippen molar-refractivity contribution in [3.63, 3.8) is 0 Å². The van der Waals surface area contributed by atoms with E-state index in [-0.39, 0.29) is 23.6 Å². The zero-order valence-corrected chi connectivity index (χ0v) is 21.3. The highest BCUT2D eigenvalue weighted by molar-refractivity contribution is 5.95. The molecule has 3 N–H and O–H groups in total. The number of anilines is 1. The number of nitrogens with one attached hydrogen (secondary N) is 1. The van der Waals surface area contributed by atoms with Crippen molar-refractivity contribution in [2.75, 3.05) is 18.8 Å². The SMILES string of the molecule is Cc1cc(-c2ccc(C(=O)N3CC(F)(F)C3)cc2F)ccc1-c1ncc(CNC(=O)/C=C/c2ccc(N)nc2)o1. The Morgan fingerprint density at radius 2 is 1.85 bits per heavy atom. The number of carbonyl (C=O) groups excluding carboxylic acids is 2. The third-order valence-corrected chi connectivity index (χ3v) is 6.34. The fraction of sp³-hybridized carbons (Fsp3) is 0.172. The summed E-state index contributed by atoms with van der Waals surface area (Å²) >= 11 is 0. The minimum absolute atomic E-state index is 0.0160. The number of halogens is 3. The molecule has 204 valence electrons. The Morgan fingerprint density at radius 3 is 2.52 bits per heavy atom. The maximum absolute atomic E-state index is 14.9. The Labute approximate surface area is 227 Å². The molecule has 40 heavy (non-hydrogen) atoms. The fourth-order valence-electron chi connectivity index (χ4n) is 4.23. The summed E-state index contributed by atoms with van der Waals surface area (Å²) in [5.41, 5.74) is 8.57. The molecule has 11 heteroatoms. The van der Waals surface area contributed by atoms with Crippen LogP contribution >= 0.6 is 0 Å². The molecule has 1 aliphatic heterocycles. The first-order valence-corrected chi connectivity index (χ1v) is 12.3. The lowest BCUT2D eigenvalue weighted by atomic mass is 9.98. The van der Waals surface area contributed by atoms with Gasteiger partial charge in [0.15, 0.2) is 0 Å². The quantitative estimate of drug-likeness (QED) is 0.320. The van der Waals surface area contributed by atoms with Gasteiger partial charge in [0.25, 0.3) is 11.8 Å². The van der Waals surface area contributed by atoms with Crippen molar-refractivity contribution in [3.05, 3.63) is 95.3 Å². The van der Waals surface area contributed by atoms with Crippen LogP contribution in [0.4, 0.5) is 19.0 Å². The molecule has 0 aliphatic carbocycles. The number of hydrogen-bond acceptors (Lipinski definition) is 6. The number of benzene rings is 2. The molecule has 4 aromatic rings. The lowest BCUT2D eigenvalue weighted by molar-refractivity contribution is -0.116. The van der Waals surface area contributed by atoms with Crippen molar-refractivity contribution < 1.29 is 27.2 Å². The maximum atomic E-state index is 14.9. The van der Waals surface area contributed by atoms with E-state index in [4.69, 9.17) is 10.2 Å². The predicted molar refractivity (Wildman–Crippen MR) is 142 cm³/mol. The van der Waals surface area contributed by atoms with Crippen LogP contribution in [0.1, 0.15) is 27.2 Å². The number of aryl methyl sites for hydroxylation is 1. The summed E-state index contributed by atoms with van der Waals surface area (Å²) in [4.78, 5) is 33.7. The average molecular weight is 548 g/mol. The predicted octanol–water partition coefficient (Wildman–Crippen LogP) is 4.85. The molecule has 1 saturated heterocycles. The van der Waals surface area contributed by atoms with Gasteiger partial charge in [0, 0.05) is 29.0 Å². The number of nitrogens with two attached hydrogens (primary N) is 1. The van der Waals surface area contributed by atoms with E-state index >= 15 is 0 Å². The summed E-state index contributed by atoms with van der Waals surface area (Å²) in [6.07, 6.45) is 6.05. The van der Waals surface area contributed by atoms with Gasteiger partial charge in [-0.15, -0.1) is 0 Å². The second kappa shape index (κ2) is 10.7. The Bertz CT molecular complexity index is 1610. The number of oxazole rings is 1. The van der Waals surface area contributed by atoms with E-state index in [9.17, 15) is 22.8 Å². The molecule has 0 atom stereocenters. The van der Waals surface area contributed by atoms with E-state index in [1.165, 1.54) is 24.4 Å². The van der Waals surface area contributed by atoms with Crippen molar-refractivity contribution in [2.45, 2.75) is 19.4 Å². The highest BCUT2D eigenvalue weighted by Crippen LogP contribution is 2.32. The van der Waals surface area contributed by atoms with E-state index < -0.39 is 30.7 Å². The maximum Gasteiger partial charge on any atom is 0.282 e. The van der Waals surface area contributed by atoms with Gasteiger partial charge in [-0.3, -0.25) is 9.59 Å². The van der Waals surface area contributed by atoms with Crippen LogP contribution in [0.3, 0.4) is 0 Å². The van der Waals surface area contributed by atoms with Gasteiger partial charge >= 0.3 is 0 Å². The molecular weight excluding hydrogens is 523 g/mol. The molecule has 1 fully saturated rings. The number of pyridine rings is 1. The molecule has 2 aromatic carbocycles. The highest BCUT2D eigenvalue weighted by Gasteiger charge is 2.46. The smallest absolute Gasteiger partial charge is 0.282 e. The zero-order valence-electron chi connectivity index (χ0n) is 21.3. The van der Waals surface area contributed by atoms with E-state index in [0.29, 0.717) is 28.6 Å². The standard InChI is InChI=1S/C29H24F3N5O3/c1-17-10-19(23-7-5-20(11-24(23)30)28(39)37-15-29(31,32)16-37)4-6-22(17)27-36-14-21(40-27)13-35-26(38)9-3-18-2-8-25(33)34-12-18/h2-12,14H,13,15-16H2,1H3,(H2,33,34)(H,35,38)/b9-3+. The minimum Gasteiger partial charge on any atom is -0.439 e. The van der Waals surface area contributed by atoms with E-state index in [1.807, 2.05) is 6.92 Å². The first-order valence-electron chi connectivity index (χ1n) is 12.3. The number of rotatable bonds is 7. The van der Waals surface area contributed by atoms with Crippen LogP contribution in [0.2, 0.25) is 0 Å². The Morgan fingerprint density at radius 1 is 1.07 bits per heavy atom. The fourth-order valence-corrected chi connectivity index (χ4v) is 4.23. The number of nitrogens with zero attached hydrogens (tertiary/aromatic N) is 3. The van der Waals surface area contributed by atoms with Crippen molar-refractivity contribution in [3.8, 4) is 22.6 Å². The number of likely N-dealkylation sites (tertiary alicyclic amines) is 1. The molecule has 2 aromatic heterocycles. The summed E-state index contributed by atoms with van der Waals surface area (Å²) in [6, 6.07) is 12.5. The Balaban J connectivity index is 1.22. The molecule has 5 rings (SSSR count). The highest BCUT2D eigenvalue weighted by atomic mass is 19.3. The molecule has 2 amide bonds. The van der Waals surface area contributed by atoms with Gasteiger partial charge in [0.2, 0.25) is 11.8 Å². The Kier molecular flexibility index (Phi) is 7.12. The largest absolute Gasteiger partial charge is 0.439 e. The third kappa shape index (κ3) is 5.88. The van der Waals surface area contributed by atoms with E-state index in [0.717, 1.165) is 22.1 Å². The van der Waals surface area contributed by atoms with Crippen LogP contribution in [0.5, 0.6) is 0 Å². The lowest BCUT2D eigenvalue weighted by Gasteiger charge is -2.38. The van der Waals surface area contributed by atoms with E-state index in [2.05, 4.69) is 15.3 Å². The van der Waals surface area contributed by atoms with Gasteiger partial charge in [-0.1, -0.05) is 18.2 Å². The molecule has 0 radical (unpaired) electrons. The third-order valence-electron chi connectivity index (χ3n) is 6.34. The van der Waals surface area contributed by atoms with Gasteiger partial charge in [-0.2, -0.15) is 0 Å². The average Bonchev–Trinajstić information content (AvgIpc) is 3.38. The number of carbonyl (C=O) groups is 2. The number of hydrogen-bond donors (Lipinski definition) is 2.